The molecular weight excluding hydrogens is 186 g/mol. The van der Waals surface area contributed by atoms with Gasteiger partial charge in [0.25, 0.3) is 0 Å². The highest BCUT2D eigenvalue weighted by molar-refractivity contribution is 4.77. The van der Waals surface area contributed by atoms with E-state index in [9.17, 15) is 0 Å². The quantitative estimate of drug-likeness (QED) is 0.779. The van der Waals surface area contributed by atoms with E-state index in [0.717, 1.165) is 18.5 Å². The summed E-state index contributed by atoms with van der Waals surface area (Å²) in [5.41, 5.74) is 0. The fourth-order valence-corrected chi connectivity index (χ4v) is 2.33. The number of likely N-dealkylation sites (N-methyl/N-ethyl adjacent to an activating group) is 1. The van der Waals surface area contributed by atoms with Crippen LogP contribution in [-0.4, -0.2) is 36.2 Å². The van der Waals surface area contributed by atoms with Crippen LogP contribution in [0.1, 0.15) is 52.9 Å². The third kappa shape index (κ3) is 5.53. The van der Waals surface area contributed by atoms with E-state index in [1.807, 2.05) is 13.8 Å². The molecular formula is C13H29NO. The van der Waals surface area contributed by atoms with Gasteiger partial charge in [-0.2, -0.15) is 0 Å². The summed E-state index contributed by atoms with van der Waals surface area (Å²) in [4.78, 5) is 2.31. The molecule has 0 unspecified atom stereocenters. The van der Waals surface area contributed by atoms with Crippen LogP contribution in [0.15, 0.2) is 0 Å². The zero-order chi connectivity index (χ0) is 11.7. The standard InChI is InChI=1S/C11H23NO.C2H6/c1-3-10-4-6-11(7-5-10)12(2)8-9-13;1-2/h10-11,13H,3-9H2,1-2H3;1-2H3. The molecule has 0 aromatic carbocycles. The van der Waals surface area contributed by atoms with E-state index in [4.69, 9.17) is 5.11 Å². The smallest absolute Gasteiger partial charge is 0.0558 e. The second-order valence-corrected chi connectivity index (χ2v) is 4.29. The minimum absolute atomic E-state index is 0.296. The Balaban J connectivity index is 0.000000921. The van der Waals surface area contributed by atoms with E-state index in [1.165, 1.54) is 32.1 Å². The van der Waals surface area contributed by atoms with Gasteiger partial charge in [0.1, 0.15) is 0 Å². The Morgan fingerprint density at radius 2 is 1.67 bits per heavy atom. The number of hydrogen-bond donors (Lipinski definition) is 1. The Hall–Kier alpha value is -0.0800. The van der Waals surface area contributed by atoms with E-state index >= 15 is 0 Å². The van der Waals surface area contributed by atoms with Crippen LogP contribution in [0.3, 0.4) is 0 Å². The van der Waals surface area contributed by atoms with Crippen LogP contribution in [0.25, 0.3) is 0 Å². The van der Waals surface area contributed by atoms with E-state index in [1.54, 1.807) is 0 Å². The van der Waals surface area contributed by atoms with Gasteiger partial charge in [-0.25, -0.2) is 0 Å². The lowest BCUT2D eigenvalue weighted by Crippen LogP contribution is -2.36. The number of hydrogen-bond acceptors (Lipinski definition) is 2. The largest absolute Gasteiger partial charge is 0.395 e. The molecule has 0 bridgehead atoms. The topological polar surface area (TPSA) is 23.5 Å². The van der Waals surface area contributed by atoms with E-state index in [0.29, 0.717) is 6.61 Å². The van der Waals surface area contributed by atoms with Gasteiger partial charge in [0.15, 0.2) is 0 Å². The Labute approximate surface area is 95.7 Å². The van der Waals surface area contributed by atoms with E-state index in [-0.39, 0.29) is 0 Å². The minimum atomic E-state index is 0.296. The van der Waals surface area contributed by atoms with Gasteiger partial charge in [-0.3, -0.25) is 0 Å². The molecule has 0 heterocycles. The highest BCUT2D eigenvalue weighted by Gasteiger charge is 2.22. The molecule has 0 spiro atoms. The first-order valence-electron chi connectivity index (χ1n) is 6.59. The second kappa shape index (κ2) is 9.17. The molecule has 0 amide bonds. The van der Waals surface area contributed by atoms with Gasteiger partial charge in [-0.1, -0.05) is 27.2 Å². The van der Waals surface area contributed by atoms with Crippen LogP contribution < -0.4 is 0 Å². The second-order valence-electron chi connectivity index (χ2n) is 4.29. The first kappa shape index (κ1) is 14.9. The SMILES string of the molecule is CC.CCC1CCC(N(C)CCO)CC1. The first-order valence-corrected chi connectivity index (χ1v) is 6.59. The molecule has 1 aliphatic carbocycles. The maximum Gasteiger partial charge on any atom is 0.0558 e. The summed E-state index contributed by atoms with van der Waals surface area (Å²) in [6.07, 6.45) is 6.77. The lowest BCUT2D eigenvalue weighted by atomic mass is 9.84. The summed E-state index contributed by atoms with van der Waals surface area (Å²) < 4.78 is 0. The van der Waals surface area contributed by atoms with Gasteiger partial charge < -0.3 is 10.0 Å². The maximum absolute atomic E-state index is 8.82. The van der Waals surface area contributed by atoms with Crippen molar-refractivity contribution >= 4 is 0 Å². The molecule has 15 heavy (non-hydrogen) atoms. The normalized spacial score (nSPS) is 26.0. The highest BCUT2D eigenvalue weighted by atomic mass is 16.3. The molecule has 0 atom stereocenters. The Kier molecular flexibility index (Phi) is 9.12. The molecule has 0 saturated heterocycles. The summed E-state index contributed by atoms with van der Waals surface area (Å²) in [6.45, 7) is 7.42. The van der Waals surface area contributed by atoms with Crippen molar-refractivity contribution in [1.29, 1.82) is 0 Å². The molecule has 92 valence electrons. The van der Waals surface area contributed by atoms with Gasteiger partial charge in [0.2, 0.25) is 0 Å². The lowest BCUT2D eigenvalue weighted by molar-refractivity contribution is 0.135. The van der Waals surface area contributed by atoms with Gasteiger partial charge in [-0.05, 0) is 38.6 Å². The van der Waals surface area contributed by atoms with Crippen molar-refractivity contribution in [2.24, 2.45) is 5.92 Å². The van der Waals surface area contributed by atoms with Crippen molar-refractivity contribution in [2.45, 2.75) is 58.9 Å². The van der Waals surface area contributed by atoms with Crippen molar-refractivity contribution in [2.75, 3.05) is 20.2 Å². The number of rotatable bonds is 4. The van der Waals surface area contributed by atoms with Gasteiger partial charge in [0, 0.05) is 12.6 Å². The molecule has 1 saturated carbocycles. The van der Waals surface area contributed by atoms with Crippen LogP contribution in [0.2, 0.25) is 0 Å². The minimum Gasteiger partial charge on any atom is -0.395 e. The van der Waals surface area contributed by atoms with Crippen molar-refractivity contribution in [1.82, 2.24) is 4.90 Å². The summed E-state index contributed by atoms with van der Waals surface area (Å²) in [6, 6.07) is 0.731. The van der Waals surface area contributed by atoms with Crippen LogP contribution in [0.5, 0.6) is 0 Å². The van der Waals surface area contributed by atoms with Crippen molar-refractivity contribution in [3.8, 4) is 0 Å². The summed E-state index contributed by atoms with van der Waals surface area (Å²) in [5.74, 6) is 0.971. The van der Waals surface area contributed by atoms with Gasteiger partial charge in [-0.15, -0.1) is 0 Å². The van der Waals surface area contributed by atoms with Crippen molar-refractivity contribution in [3.63, 3.8) is 0 Å². The zero-order valence-electron chi connectivity index (χ0n) is 11.0. The third-order valence-electron chi connectivity index (χ3n) is 3.47. The third-order valence-corrected chi connectivity index (χ3v) is 3.47. The predicted molar refractivity (Wildman–Crippen MR) is 67.1 cm³/mol. The fraction of sp³-hybridized carbons (Fsp3) is 1.00. The molecule has 0 aromatic heterocycles. The monoisotopic (exact) mass is 215 g/mol. The zero-order valence-corrected chi connectivity index (χ0v) is 11.0. The van der Waals surface area contributed by atoms with Gasteiger partial charge >= 0.3 is 0 Å². The molecule has 0 aliphatic heterocycles. The number of aliphatic hydroxyl groups is 1. The predicted octanol–water partition coefficient (Wildman–Crippen LogP) is 2.91. The summed E-state index contributed by atoms with van der Waals surface area (Å²) in [7, 11) is 2.13. The van der Waals surface area contributed by atoms with Crippen LogP contribution >= 0.6 is 0 Å². The molecule has 1 rings (SSSR count). The fourth-order valence-electron chi connectivity index (χ4n) is 2.33. The number of nitrogens with zero attached hydrogens (tertiary/aromatic N) is 1. The van der Waals surface area contributed by atoms with Crippen molar-refractivity contribution < 1.29 is 5.11 Å². The average molecular weight is 215 g/mol. The molecule has 0 aromatic rings. The van der Waals surface area contributed by atoms with Crippen LogP contribution in [0, 0.1) is 5.92 Å². The first-order chi connectivity index (χ1) is 7.27. The average Bonchev–Trinajstić information content (AvgIpc) is 2.32. The van der Waals surface area contributed by atoms with E-state index in [2.05, 4.69) is 18.9 Å². The molecule has 2 nitrogen and oxygen atoms in total. The Morgan fingerprint density at radius 1 is 1.13 bits per heavy atom. The highest BCUT2D eigenvalue weighted by Crippen LogP contribution is 2.28. The Bertz CT molecular complexity index is 130. The van der Waals surface area contributed by atoms with Gasteiger partial charge in [0.05, 0.1) is 6.61 Å². The lowest BCUT2D eigenvalue weighted by Gasteiger charge is -2.34. The molecule has 1 aliphatic rings. The van der Waals surface area contributed by atoms with Crippen LogP contribution in [0.4, 0.5) is 0 Å². The maximum atomic E-state index is 8.82. The van der Waals surface area contributed by atoms with E-state index < -0.39 is 0 Å². The molecule has 1 fully saturated rings. The molecule has 0 radical (unpaired) electrons. The summed E-state index contributed by atoms with van der Waals surface area (Å²) >= 11 is 0. The van der Waals surface area contributed by atoms with Crippen molar-refractivity contribution in [3.05, 3.63) is 0 Å². The van der Waals surface area contributed by atoms with Crippen LogP contribution in [-0.2, 0) is 0 Å². The molecule has 2 heteroatoms. The number of aliphatic hydroxyl groups excluding tert-OH is 1. The molecule has 1 N–H and O–H groups in total. The summed E-state index contributed by atoms with van der Waals surface area (Å²) in [5, 5.41) is 8.82. The Morgan fingerprint density at radius 3 is 2.07 bits per heavy atom.